The Morgan fingerprint density at radius 3 is 2.76 bits per heavy atom. The second kappa shape index (κ2) is 6.37. The van der Waals surface area contributed by atoms with Crippen molar-refractivity contribution in [3.63, 3.8) is 0 Å². The lowest BCUT2D eigenvalue weighted by Crippen LogP contribution is -2.12. The highest BCUT2D eigenvalue weighted by atomic mass is 35.5. The molecule has 0 saturated heterocycles. The van der Waals surface area contributed by atoms with E-state index in [1.807, 2.05) is 36.4 Å². The van der Waals surface area contributed by atoms with E-state index in [0.717, 1.165) is 5.39 Å². The fourth-order valence-electron chi connectivity index (χ4n) is 2.56. The third-order valence-corrected chi connectivity index (χ3v) is 4.09. The van der Waals surface area contributed by atoms with E-state index in [4.69, 9.17) is 16.1 Å². The number of benzene rings is 2. The summed E-state index contributed by atoms with van der Waals surface area (Å²) in [5.41, 5.74) is 2.18. The molecule has 0 radical (unpaired) electrons. The van der Waals surface area contributed by atoms with Crippen molar-refractivity contribution in [3.05, 3.63) is 77.6 Å². The minimum atomic E-state index is -0.375. The first-order valence-corrected chi connectivity index (χ1v) is 7.97. The normalized spacial score (nSPS) is 10.8. The summed E-state index contributed by atoms with van der Waals surface area (Å²) >= 11 is 6.15. The van der Waals surface area contributed by atoms with Gasteiger partial charge in [0.05, 0.1) is 16.2 Å². The van der Waals surface area contributed by atoms with E-state index in [1.165, 1.54) is 0 Å². The van der Waals surface area contributed by atoms with Gasteiger partial charge < -0.3 is 9.84 Å². The number of pyridine rings is 1. The van der Waals surface area contributed by atoms with Crippen molar-refractivity contribution in [1.82, 2.24) is 10.1 Å². The molecule has 0 bridgehead atoms. The van der Waals surface area contributed by atoms with Gasteiger partial charge in [0.25, 0.3) is 5.91 Å². The van der Waals surface area contributed by atoms with Crippen molar-refractivity contribution in [2.24, 2.45) is 0 Å². The predicted molar refractivity (Wildman–Crippen MR) is 96.6 cm³/mol. The van der Waals surface area contributed by atoms with Crippen molar-refractivity contribution < 1.29 is 9.32 Å². The summed E-state index contributed by atoms with van der Waals surface area (Å²) in [6.45, 7) is 0. The maximum absolute atomic E-state index is 12.5. The molecule has 0 aliphatic carbocycles. The topological polar surface area (TPSA) is 68.0 Å². The molecule has 122 valence electrons. The van der Waals surface area contributed by atoms with Crippen molar-refractivity contribution in [1.29, 1.82) is 0 Å². The van der Waals surface area contributed by atoms with E-state index in [2.05, 4.69) is 15.5 Å². The SMILES string of the molecule is O=C(Nc1cccc2cccnc12)c1cc(-c2ccccc2Cl)on1. The lowest BCUT2D eigenvalue weighted by molar-refractivity contribution is 0.101. The van der Waals surface area contributed by atoms with Crippen LogP contribution in [0.1, 0.15) is 10.5 Å². The Kier molecular flexibility index (Phi) is 3.91. The van der Waals surface area contributed by atoms with Crippen LogP contribution in [0.2, 0.25) is 5.02 Å². The van der Waals surface area contributed by atoms with E-state index < -0.39 is 0 Å². The highest BCUT2D eigenvalue weighted by molar-refractivity contribution is 6.33. The molecule has 2 aromatic heterocycles. The molecule has 6 heteroatoms. The number of anilines is 1. The summed E-state index contributed by atoms with van der Waals surface area (Å²) in [5, 5.41) is 8.14. The minimum absolute atomic E-state index is 0.169. The second-order valence-electron chi connectivity index (χ2n) is 5.39. The van der Waals surface area contributed by atoms with Crippen LogP contribution in [0.3, 0.4) is 0 Å². The molecule has 0 aliphatic rings. The summed E-state index contributed by atoms with van der Waals surface area (Å²) in [6.07, 6.45) is 1.68. The molecule has 0 unspecified atom stereocenters. The van der Waals surface area contributed by atoms with Crippen LogP contribution in [-0.4, -0.2) is 16.0 Å². The van der Waals surface area contributed by atoms with Gasteiger partial charge >= 0.3 is 0 Å². The number of carbonyl (C=O) groups is 1. The number of nitrogens with zero attached hydrogens (tertiary/aromatic N) is 2. The highest BCUT2D eigenvalue weighted by Gasteiger charge is 2.16. The predicted octanol–water partition coefficient (Wildman–Crippen LogP) is 4.80. The first-order chi connectivity index (χ1) is 12.2. The zero-order valence-electron chi connectivity index (χ0n) is 12.9. The Labute approximate surface area is 148 Å². The smallest absolute Gasteiger partial charge is 0.277 e. The molecule has 0 fully saturated rings. The van der Waals surface area contributed by atoms with Crippen LogP contribution >= 0.6 is 11.6 Å². The Hall–Kier alpha value is -3.18. The molecule has 0 spiro atoms. The zero-order chi connectivity index (χ0) is 17.2. The van der Waals surface area contributed by atoms with Gasteiger partial charge in [-0.05, 0) is 24.3 Å². The number of hydrogen-bond donors (Lipinski definition) is 1. The largest absolute Gasteiger partial charge is 0.355 e. The lowest BCUT2D eigenvalue weighted by Gasteiger charge is -2.06. The van der Waals surface area contributed by atoms with Gasteiger partial charge in [-0.25, -0.2) is 0 Å². The molecule has 2 heterocycles. The maximum atomic E-state index is 12.5. The second-order valence-corrected chi connectivity index (χ2v) is 5.80. The van der Waals surface area contributed by atoms with Crippen LogP contribution in [0, 0.1) is 0 Å². The molecular formula is C19H12ClN3O2. The van der Waals surface area contributed by atoms with E-state index >= 15 is 0 Å². The van der Waals surface area contributed by atoms with E-state index in [1.54, 1.807) is 30.5 Å². The van der Waals surface area contributed by atoms with Crippen LogP contribution < -0.4 is 5.32 Å². The zero-order valence-corrected chi connectivity index (χ0v) is 13.7. The first kappa shape index (κ1) is 15.4. The number of aromatic nitrogens is 2. The van der Waals surface area contributed by atoms with Gasteiger partial charge in [0, 0.05) is 23.2 Å². The Morgan fingerprint density at radius 1 is 1.04 bits per heavy atom. The average Bonchev–Trinajstić information content (AvgIpc) is 3.12. The van der Waals surface area contributed by atoms with Gasteiger partial charge in [-0.1, -0.05) is 47.1 Å². The monoisotopic (exact) mass is 349 g/mol. The molecule has 5 nitrogen and oxygen atoms in total. The summed E-state index contributed by atoms with van der Waals surface area (Å²) < 4.78 is 5.27. The Balaban J connectivity index is 1.63. The van der Waals surface area contributed by atoms with Crippen molar-refractivity contribution in [3.8, 4) is 11.3 Å². The maximum Gasteiger partial charge on any atom is 0.277 e. The number of hydrogen-bond acceptors (Lipinski definition) is 4. The highest BCUT2D eigenvalue weighted by Crippen LogP contribution is 2.28. The summed E-state index contributed by atoms with van der Waals surface area (Å²) in [6, 6.07) is 18.2. The number of fused-ring (bicyclic) bond motifs is 1. The quantitative estimate of drug-likeness (QED) is 0.577. The molecular weight excluding hydrogens is 338 g/mol. The van der Waals surface area contributed by atoms with Crippen molar-refractivity contribution in [2.75, 3.05) is 5.32 Å². The van der Waals surface area contributed by atoms with Crippen LogP contribution in [0.15, 0.2) is 71.4 Å². The van der Waals surface area contributed by atoms with Crippen LogP contribution in [0.25, 0.3) is 22.2 Å². The van der Waals surface area contributed by atoms with Crippen LogP contribution in [0.5, 0.6) is 0 Å². The van der Waals surface area contributed by atoms with Crippen LogP contribution in [0.4, 0.5) is 5.69 Å². The van der Waals surface area contributed by atoms with E-state index in [-0.39, 0.29) is 11.6 Å². The number of para-hydroxylation sites is 1. The standard InChI is InChI=1S/C19H12ClN3O2/c20-14-8-2-1-7-13(14)17-11-16(23-25-17)19(24)22-15-9-3-5-12-6-4-10-21-18(12)15/h1-11H,(H,22,24). The van der Waals surface area contributed by atoms with Gasteiger partial charge in [-0.2, -0.15) is 0 Å². The summed E-state index contributed by atoms with van der Waals surface area (Å²) in [7, 11) is 0. The van der Waals surface area contributed by atoms with E-state index in [9.17, 15) is 4.79 Å². The summed E-state index contributed by atoms with van der Waals surface area (Å²) in [4.78, 5) is 16.8. The third-order valence-electron chi connectivity index (χ3n) is 3.76. The molecule has 4 aromatic rings. The van der Waals surface area contributed by atoms with Crippen LogP contribution in [-0.2, 0) is 0 Å². The lowest BCUT2D eigenvalue weighted by atomic mass is 10.1. The minimum Gasteiger partial charge on any atom is -0.355 e. The molecule has 2 aromatic carbocycles. The average molecular weight is 350 g/mol. The van der Waals surface area contributed by atoms with Gasteiger partial charge in [-0.3, -0.25) is 9.78 Å². The molecule has 4 rings (SSSR count). The molecule has 1 amide bonds. The van der Waals surface area contributed by atoms with Crippen molar-refractivity contribution >= 4 is 34.1 Å². The number of nitrogens with one attached hydrogen (secondary N) is 1. The number of carbonyl (C=O) groups excluding carboxylic acids is 1. The van der Waals surface area contributed by atoms with Gasteiger partial charge in [0.2, 0.25) is 0 Å². The number of rotatable bonds is 3. The van der Waals surface area contributed by atoms with Crippen molar-refractivity contribution in [2.45, 2.75) is 0 Å². The fraction of sp³-hybridized carbons (Fsp3) is 0. The number of amides is 1. The fourth-order valence-corrected chi connectivity index (χ4v) is 2.79. The summed E-state index contributed by atoms with van der Waals surface area (Å²) in [5.74, 6) is 0.0620. The third kappa shape index (κ3) is 2.97. The molecule has 0 aliphatic heterocycles. The Morgan fingerprint density at radius 2 is 1.88 bits per heavy atom. The van der Waals surface area contributed by atoms with Gasteiger partial charge in [0.15, 0.2) is 11.5 Å². The van der Waals surface area contributed by atoms with Gasteiger partial charge in [-0.15, -0.1) is 0 Å². The first-order valence-electron chi connectivity index (χ1n) is 7.59. The Bertz CT molecular complexity index is 1070. The molecule has 0 saturated carbocycles. The van der Waals surface area contributed by atoms with E-state index in [0.29, 0.717) is 27.6 Å². The molecule has 0 atom stereocenters. The molecule has 1 N–H and O–H groups in total. The van der Waals surface area contributed by atoms with Gasteiger partial charge in [0.1, 0.15) is 0 Å². The molecule has 25 heavy (non-hydrogen) atoms. The number of halogens is 1.